The molecule has 0 fully saturated rings. The van der Waals surface area contributed by atoms with E-state index in [1.165, 1.54) is 0 Å². The average Bonchev–Trinajstić information content (AvgIpc) is 2.40. The van der Waals surface area contributed by atoms with E-state index in [1.807, 2.05) is 6.07 Å². The minimum absolute atomic E-state index is 0.0757. The standard InChI is InChI=1S/C13H17N3O3/c1-16-9-4-2-8(11(14)12(15)13(18)19)6-7(9)3-5-10(16)17/h2,4,6,11-12H,3,5,14-15H2,1H3,(H,18,19). The second-order valence-corrected chi connectivity index (χ2v) is 4.73. The maximum atomic E-state index is 11.6. The first-order valence-corrected chi connectivity index (χ1v) is 6.05. The van der Waals surface area contributed by atoms with Crippen molar-refractivity contribution in [2.75, 3.05) is 11.9 Å². The van der Waals surface area contributed by atoms with E-state index in [2.05, 4.69) is 0 Å². The molecule has 19 heavy (non-hydrogen) atoms. The van der Waals surface area contributed by atoms with Crippen molar-refractivity contribution in [3.63, 3.8) is 0 Å². The van der Waals surface area contributed by atoms with Gasteiger partial charge >= 0.3 is 5.97 Å². The van der Waals surface area contributed by atoms with Gasteiger partial charge in [0.25, 0.3) is 0 Å². The van der Waals surface area contributed by atoms with Gasteiger partial charge in [-0.25, -0.2) is 0 Å². The van der Waals surface area contributed by atoms with E-state index < -0.39 is 18.1 Å². The summed E-state index contributed by atoms with van der Waals surface area (Å²) in [5, 5.41) is 8.87. The zero-order chi connectivity index (χ0) is 14.2. The number of aliphatic carboxylic acids is 1. The molecule has 1 amide bonds. The predicted molar refractivity (Wildman–Crippen MR) is 70.7 cm³/mol. The number of nitrogens with two attached hydrogens (primary N) is 2. The summed E-state index contributed by atoms with van der Waals surface area (Å²) in [5.74, 6) is -1.05. The summed E-state index contributed by atoms with van der Waals surface area (Å²) in [5.41, 5.74) is 13.9. The van der Waals surface area contributed by atoms with E-state index in [-0.39, 0.29) is 5.91 Å². The van der Waals surface area contributed by atoms with Crippen LogP contribution in [0, 0.1) is 0 Å². The molecule has 0 radical (unpaired) electrons. The molecule has 2 atom stereocenters. The van der Waals surface area contributed by atoms with Crippen molar-refractivity contribution in [3.8, 4) is 0 Å². The Hall–Kier alpha value is -1.92. The maximum Gasteiger partial charge on any atom is 0.322 e. The van der Waals surface area contributed by atoms with Crippen LogP contribution < -0.4 is 16.4 Å². The van der Waals surface area contributed by atoms with Crippen LogP contribution in [0.4, 0.5) is 5.69 Å². The molecule has 1 aromatic rings. The second kappa shape index (κ2) is 4.99. The molecule has 1 aromatic carbocycles. The Bertz CT molecular complexity index is 530. The Labute approximate surface area is 111 Å². The van der Waals surface area contributed by atoms with Gasteiger partial charge in [0, 0.05) is 19.2 Å². The normalized spacial score (nSPS) is 17.8. The van der Waals surface area contributed by atoms with Crippen molar-refractivity contribution in [3.05, 3.63) is 29.3 Å². The van der Waals surface area contributed by atoms with Crippen molar-refractivity contribution >= 4 is 17.6 Å². The molecule has 0 aromatic heterocycles. The number of amides is 1. The Kier molecular flexibility index (Phi) is 3.55. The molecule has 2 unspecified atom stereocenters. The monoisotopic (exact) mass is 263 g/mol. The fraction of sp³-hybridized carbons (Fsp3) is 0.385. The predicted octanol–water partition coefficient (Wildman–Crippen LogP) is 0.00730. The molecule has 0 saturated heterocycles. The number of carboxylic acids is 1. The van der Waals surface area contributed by atoms with Crippen LogP contribution in [0.1, 0.15) is 23.6 Å². The van der Waals surface area contributed by atoms with E-state index in [0.29, 0.717) is 18.4 Å². The summed E-state index contributed by atoms with van der Waals surface area (Å²) in [6, 6.07) is 3.45. The van der Waals surface area contributed by atoms with Crippen LogP contribution in [-0.4, -0.2) is 30.1 Å². The molecular formula is C13H17N3O3. The fourth-order valence-electron chi connectivity index (χ4n) is 2.24. The topological polar surface area (TPSA) is 110 Å². The minimum atomic E-state index is -1.14. The van der Waals surface area contributed by atoms with E-state index in [1.54, 1.807) is 24.1 Å². The number of carbonyl (C=O) groups is 2. The third kappa shape index (κ3) is 2.45. The first-order valence-electron chi connectivity index (χ1n) is 6.05. The van der Waals surface area contributed by atoms with Crippen LogP contribution in [0.25, 0.3) is 0 Å². The van der Waals surface area contributed by atoms with Gasteiger partial charge in [-0.05, 0) is 23.6 Å². The lowest BCUT2D eigenvalue weighted by atomic mass is 9.94. The van der Waals surface area contributed by atoms with Crippen LogP contribution >= 0.6 is 0 Å². The zero-order valence-electron chi connectivity index (χ0n) is 10.7. The molecule has 102 valence electrons. The van der Waals surface area contributed by atoms with Gasteiger partial charge in [0.15, 0.2) is 0 Å². The smallest absolute Gasteiger partial charge is 0.322 e. The molecule has 0 bridgehead atoms. The maximum absolute atomic E-state index is 11.6. The molecule has 1 aliphatic rings. The van der Waals surface area contributed by atoms with Gasteiger partial charge in [0.1, 0.15) is 6.04 Å². The fourth-order valence-corrected chi connectivity index (χ4v) is 2.24. The third-order valence-corrected chi connectivity index (χ3v) is 3.50. The van der Waals surface area contributed by atoms with Crippen molar-refractivity contribution in [2.45, 2.75) is 24.9 Å². The van der Waals surface area contributed by atoms with E-state index in [4.69, 9.17) is 16.6 Å². The zero-order valence-corrected chi connectivity index (χ0v) is 10.7. The highest BCUT2D eigenvalue weighted by molar-refractivity contribution is 5.95. The largest absolute Gasteiger partial charge is 0.480 e. The highest BCUT2D eigenvalue weighted by atomic mass is 16.4. The number of rotatable bonds is 3. The van der Waals surface area contributed by atoms with Crippen LogP contribution in [0.15, 0.2) is 18.2 Å². The lowest BCUT2D eigenvalue weighted by Crippen LogP contribution is -2.41. The van der Waals surface area contributed by atoms with Gasteiger partial charge in [0.05, 0.1) is 6.04 Å². The Morgan fingerprint density at radius 2 is 2.05 bits per heavy atom. The quantitative estimate of drug-likeness (QED) is 0.711. The van der Waals surface area contributed by atoms with Gasteiger partial charge in [-0.2, -0.15) is 0 Å². The lowest BCUT2D eigenvalue weighted by molar-refractivity contribution is -0.139. The van der Waals surface area contributed by atoms with Crippen molar-refractivity contribution in [1.82, 2.24) is 0 Å². The number of benzene rings is 1. The molecule has 1 heterocycles. The number of fused-ring (bicyclic) bond motifs is 1. The number of aryl methyl sites for hydroxylation is 1. The highest BCUT2D eigenvalue weighted by Crippen LogP contribution is 2.29. The van der Waals surface area contributed by atoms with Crippen molar-refractivity contribution in [2.24, 2.45) is 11.5 Å². The number of nitrogens with zero attached hydrogens (tertiary/aromatic N) is 1. The van der Waals surface area contributed by atoms with E-state index >= 15 is 0 Å². The summed E-state index contributed by atoms with van der Waals surface area (Å²) >= 11 is 0. The molecule has 2 rings (SSSR count). The number of hydrogen-bond acceptors (Lipinski definition) is 4. The van der Waals surface area contributed by atoms with Crippen LogP contribution in [0.2, 0.25) is 0 Å². The Morgan fingerprint density at radius 1 is 1.37 bits per heavy atom. The first-order chi connectivity index (χ1) is 8.91. The van der Waals surface area contributed by atoms with Gasteiger partial charge in [0.2, 0.25) is 5.91 Å². The van der Waals surface area contributed by atoms with Crippen molar-refractivity contribution < 1.29 is 14.7 Å². The molecular weight excluding hydrogens is 246 g/mol. The number of carbonyl (C=O) groups excluding carboxylic acids is 1. The van der Waals surface area contributed by atoms with Gasteiger partial charge < -0.3 is 21.5 Å². The van der Waals surface area contributed by atoms with Crippen molar-refractivity contribution in [1.29, 1.82) is 0 Å². The number of hydrogen-bond donors (Lipinski definition) is 3. The van der Waals surface area contributed by atoms with Crippen LogP contribution in [0.3, 0.4) is 0 Å². The number of carboxylic acid groups (broad SMARTS) is 1. The molecule has 1 aliphatic heterocycles. The first kappa shape index (κ1) is 13.5. The van der Waals surface area contributed by atoms with Gasteiger partial charge in [-0.15, -0.1) is 0 Å². The summed E-state index contributed by atoms with van der Waals surface area (Å²) in [7, 11) is 1.73. The summed E-state index contributed by atoms with van der Waals surface area (Å²) < 4.78 is 0. The minimum Gasteiger partial charge on any atom is -0.480 e. The summed E-state index contributed by atoms with van der Waals surface area (Å²) in [6.07, 6.45) is 1.09. The highest BCUT2D eigenvalue weighted by Gasteiger charge is 2.25. The SMILES string of the molecule is CN1C(=O)CCc2cc(C(N)C(N)C(=O)O)ccc21. The molecule has 0 saturated carbocycles. The van der Waals surface area contributed by atoms with Gasteiger partial charge in [-0.3, -0.25) is 9.59 Å². The van der Waals surface area contributed by atoms with E-state index in [9.17, 15) is 9.59 Å². The van der Waals surface area contributed by atoms with E-state index in [0.717, 1.165) is 11.3 Å². The lowest BCUT2D eigenvalue weighted by Gasteiger charge is -2.27. The number of anilines is 1. The second-order valence-electron chi connectivity index (χ2n) is 4.73. The third-order valence-electron chi connectivity index (χ3n) is 3.50. The van der Waals surface area contributed by atoms with Crippen LogP contribution in [-0.2, 0) is 16.0 Å². The Balaban J connectivity index is 2.32. The molecule has 0 aliphatic carbocycles. The van der Waals surface area contributed by atoms with Crippen LogP contribution in [0.5, 0.6) is 0 Å². The van der Waals surface area contributed by atoms with Gasteiger partial charge in [-0.1, -0.05) is 12.1 Å². The molecule has 5 N–H and O–H groups in total. The molecule has 6 heteroatoms. The Morgan fingerprint density at radius 3 is 2.68 bits per heavy atom. The average molecular weight is 263 g/mol. The summed E-state index contributed by atoms with van der Waals surface area (Å²) in [6.45, 7) is 0. The summed E-state index contributed by atoms with van der Waals surface area (Å²) in [4.78, 5) is 24.0. The molecule has 0 spiro atoms. The molecule has 6 nitrogen and oxygen atoms in total.